The summed E-state index contributed by atoms with van der Waals surface area (Å²) in [6.45, 7) is 0.288. The monoisotopic (exact) mass is 397 g/mol. The summed E-state index contributed by atoms with van der Waals surface area (Å²) in [5.41, 5.74) is 0.253. The van der Waals surface area contributed by atoms with Gasteiger partial charge in [0.1, 0.15) is 0 Å². The average molecular weight is 399 g/mol. The fourth-order valence-corrected chi connectivity index (χ4v) is 2.56. The normalized spacial score (nSPS) is 11.5. The Balaban J connectivity index is 2.20. The van der Waals surface area contributed by atoms with E-state index in [9.17, 15) is 13.2 Å². The smallest absolute Gasteiger partial charge is 0.381 e. The summed E-state index contributed by atoms with van der Waals surface area (Å²) in [7, 11) is 0. The molecule has 0 aliphatic carbocycles. The first-order valence-corrected chi connectivity index (χ1v) is 7.36. The molecular weight excluding hydrogens is 390 g/mol. The zero-order valence-electron chi connectivity index (χ0n) is 10.4. The van der Waals surface area contributed by atoms with Crippen LogP contribution in [0.15, 0.2) is 40.9 Å². The number of halogens is 6. The number of nitrogens with one attached hydrogen (secondary N) is 1. The van der Waals surface area contributed by atoms with Crippen molar-refractivity contribution in [2.24, 2.45) is 0 Å². The molecule has 112 valence electrons. The minimum absolute atomic E-state index is 0.0210. The second-order valence-corrected chi connectivity index (χ2v) is 6.07. The summed E-state index contributed by atoms with van der Waals surface area (Å²) in [4.78, 5) is 0. The Labute approximate surface area is 138 Å². The van der Waals surface area contributed by atoms with E-state index in [1.54, 1.807) is 18.2 Å². The van der Waals surface area contributed by atoms with Crippen LogP contribution in [0.1, 0.15) is 11.1 Å². The van der Waals surface area contributed by atoms with Crippen molar-refractivity contribution in [2.45, 2.75) is 12.7 Å². The van der Waals surface area contributed by atoms with Crippen molar-refractivity contribution >= 4 is 44.8 Å². The van der Waals surface area contributed by atoms with Gasteiger partial charge in [0, 0.05) is 26.8 Å². The molecule has 0 spiro atoms. The Morgan fingerprint density at radius 1 is 1.05 bits per heavy atom. The molecule has 0 saturated heterocycles. The molecule has 0 aliphatic heterocycles. The van der Waals surface area contributed by atoms with Gasteiger partial charge in [-0.15, -0.1) is 0 Å². The summed E-state index contributed by atoms with van der Waals surface area (Å²) < 4.78 is 39.0. The van der Waals surface area contributed by atoms with Crippen molar-refractivity contribution in [1.82, 2.24) is 0 Å². The minimum atomic E-state index is -4.44. The lowest BCUT2D eigenvalue weighted by atomic mass is 10.1. The number of hydrogen-bond acceptors (Lipinski definition) is 1. The summed E-state index contributed by atoms with van der Waals surface area (Å²) in [5, 5.41) is 3.44. The topological polar surface area (TPSA) is 12.0 Å². The molecule has 0 amide bonds. The van der Waals surface area contributed by atoms with E-state index < -0.39 is 11.7 Å². The Kier molecular flexibility index (Phi) is 5.07. The van der Waals surface area contributed by atoms with E-state index in [2.05, 4.69) is 21.2 Å². The predicted octanol–water partition coefficient (Wildman–Crippen LogP) is 6.39. The van der Waals surface area contributed by atoms with E-state index in [0.29, 0.717) is 5.02 Å². The molecule has 0 fully saturated rings. The van der Waals surface area contributed by atoms with Crippen molar-refractivity contribution in [3.63, 3.8) is 0 Å². The fraction of sp³-hybridized carbons (Fsp3) is 0.143. The molecule has 1 N–H and O–H groups in total. The molecule has 0 radical (unpaired) electrons. The SMILES string of the molecule is FC(F)(F)c1cc(Cl)cc(NCc2cc(Br)ccc2Cl)c1. The van der Waals surface area contributed by atoms with Crippen LogP contribution in [-0.2, 0) is 12.7 Å². The predicted molar refractivity (Wildman–Crippen MR) is 82.9 cm³/mol. The van der Waals surface area contributed by atoms with Crippen LogP contribution in [0.5, 0.6) is 0 Å². The first-order valence-electron chi connectivity index (χ1n) is 5.81. The molecule has 0 unspecified atom stereocenters. The summed E-state index contributed by atoms with van der Waals surface area (Å²) >= 11 is 15.1. The second kappa shape index (κ2) is 6.46. The second-order valence-electron chi connectivity index (χ2n) is 4.32. The third-order valence-electron chi connectivity index (χ3n) is 2.72. The number of anilines is 1. The Morgan fingerprint density at radius 2 is 1.76 bits per heavy atom. The molecule has 0 aromatic heterocycles. The maximum absolute atomic E-state index is 12.7. The van der Waals surface area contributed by atoms with E-state index in [4.69, 9.17) is 23.2 Å². The quantitative estimate of drug-likeness (QED) is 0.631. The van der Waals surface area contributed by atoms with Crippen LogP contribution in [0.2, 0.25) is 10.0 Å². The molecule has 2 aromatic carbocycles. The van der Waals surface area contributed by atoms with E-state index >= 15 is 0 Å². The van der Waals surface area contributed by atoms with Gasteiger partial charge >= 0.3 is 6.18 Å². The molecule has 0 atom stereocenters. The number of benzene rings is 2. The van der Waals surface area contributed by atoms with Gasteiger partial charge in [0.05, 0.1) is 5.56 Å². The van der Waals surface area contributed by atoms with Gasteiger partial charge in [-0.25, -0.2) is 0 Å². The standard InChI is InChI=1S/C14H9BrCl2F3N/c15-10-1-2-13(17)8(3-10)7-21-12-5-9(14(18,19)20)4-11(16)6-12/h1-6,21H,7H2. The minimum Gasteiger partial charge on any atom is -0.381 e. The van der Waals surface area contributed by atoms with Crippen molar-refractivity contribution in [2.75, 3.05) is 5.32 Å². The lowest BCUT2D eigenvalue weighted by Crippen LogP contribution is -2.07. The van der Waals surface area contributed by atoms with E-state index in [1.807, 2.05) is 0 Å². The molecule has 2 rings (SSSR count). The lowest BCUT2D eigenvalue weighted by molar-refractivity contribution is -0.137. The summed E-state index contributed by atoms with van der Waals surface area (Å²) in [6, 6.07) is 8.62. The highest BCUT2D eigenvalue weighted by atomic mass is 79.9. The largest absolute Gasteiger partial charge is 0.416 e. The van der Waals surface area contributed by atoms with Gasteiger partial charge in [-0.2, -0.15) is 13.2 Å². The Bertz CT molecular complexity index is 659. The maximum atomic E-state index is 12.7. The summed E-state index contributed by atoms with van der Waals surface area (Å²) in [5.74, 6) is 0. The third kappa shape index (κ3) is 4.53. The molecule has 7 heteroatoms. The van der Waals surface area contributed by atoms with Crippen LogP contribution >= 0.6 is 39.1 Å². The van der Waals surface area contributed by atoms with Gasteiger partial charge in [-0.1, -0.05) is 39.1 Å². The van der Waals surface area contributed by atoms with Crippen LogP contribution in [0, 0.1) is 0 Å². The highest BCUT2D eigenvalue weighted by Gasteiger charge is 2.31. The number of hydrogen-bond donors (Lipinski definition) is 1. The molecular formula is C14H9BrCl2F3N. The van der Waals surface area contributed by atoms with Gasteiger partial charge in [0.25, 0.3) is 0 Å². The molecule has 0 bridgehead atoms. The number of alkyl halides is 3. The molecule has 2 aromatic rings. The zero-order valence-corrected chi connectivity index (χ0v) is 13.5. The van der Waals surface area contributed by atoms with Crippen LogP contribution in [-0.4, -0.2) is 0 Å². The highest BCUT2D eigenvalue weighted by Crippen LogP contribution is 2.33. The fourth-order valence-electron chi connectivity index (χ4n) is 1.73. The van der Waals surface area contributed by atoms with Crippen molar-refractivity contribution in [3.8, 4) is 0 Å². The van der Waals surface area contributed by atoms with Gasteiger partial charge < -0.3 is 5.32 Å². The highest BCUT2D eigenvalue weighted by molar-refractivity contribution is 9.10. The molecule has 0 saturated carbocycles. The molecule has 1 nitrogen and oxygen atoms in total. The third-order valence-corrected chi connectivity index (χ3v) is 3.80. The van der Waals surface area contributed by atoms with Gasteiger partial charge in [0.15, 0.2) is 0 Å². The lowest BCUT2D eigenvalue weighted by Gasteiger charge is -2.12. The Morgan fingerprint density at radius 3 is 2.43 bits per heavy atom. The van der Waals surface area contributed by atoms with E-state index in [-0.39, 0.29) is 17.3 Å². The van der Waals surface area contributed by atoms with Crippen LogP contribution < -0.4 is 5.32 Å². The first-order chi connectivity index (χ1) is 9.75. The molecule has 0 heterocycles. The first kappa shape index (κ1) is 16.5. The maximum Gasteiger partial charge on any atom is 0.416 e. The number of rotatable bonds is 3. The zero-order chi connectivity index (χ0) is 15.6. The molecule has 21 heavy (non-hydrogen) atoms. The molecule has 0 aliphatic rings. The van der Waals surface area contributed by atoms with Gasteiger partial charge in [-0.3, -0.25) is 0 Å². The van der Waals surface area contributed by atoms with Gasteiger partial charge in [-0.05, 0) is 42.0 Å². The average Bonchev–Trinajstić information content (AvgIpc) is 2.38. The van der Waals surface area contributed by atoms with E-state index in [0.717, 1.165) is 22.2 Å². The van der Waals surface area contributed by atoms with Crippen LogP contribution in [0.3, 0.4) is 0 Å². The Hall–Kier alpha value is -0.910. The van der Waals surface area contributed by atoms with Crippen molar-refractivity contribution in [1.29, 1.82) is 0 Å². The van der Waals surface area contributed by atoms with Crippen LogP contribution in [0.4, 0.5) is 18.9 Å². The van der Waals surface area contributed by atoms with Crippen molar-refractivity contribution < 1.29 is 13.2 Å². The van der Waals surface area contributed by atoms with Crippen LogP contribution in [0.25, 0.3) is 0 Å². The van der Waals surface area contributed by atoms with E-state index in [1.165, 1.54) is 6.07 Å². The van der Waals surface area contributed by atoms with Crippen molar-refractivity contribution in [3.05, 3.63) is 62.0 Å². The van der Waals surface area contributed by atoms with Gasteiger partial charge in [0.2, 0.25) is 0 Å². The summed E-state index contributed by atoms with van der Waals surface area (Å²) in [6.07, 6.45) is -4.44.